The molecule has 0 aromatic carbocycles. The Morgan fingerprint density at radius 3 is 1.64 bits per heavy atom. The van der Waals surface area contributed by atoms with Gasteiger partial charge in [-0.05, 0) is 19.9 Å². The molecule has 0 aliphatic rings. The van der Waals surface area contributed by atoms with Gasteiger partial charge in [0.25, 0.3) is 0 Å². The van der Waals surface area contributed by atoms with Crippen molar-refractivity contribution in [3.05, 3.63) is 11.1 Å². The number of nitrogens with one attached hydrogen (secondary N) is 2. The SMILES string of the molecule is CC.CC(=N)/C=C(/Cl)C(C)=N. The molecule has 0 saturated carbocycles. The van der Waals surface area contributed by atoms with Gasteiger partial charge in [0, 0.05) is 11.4 Å². The minimum atomic E-state index is 0.295. The van der Waals surface area contributed by atoms with Gasteiger partial charge in [-0.1, -0.05) is 25.4 Å². The summed E-state index contributed by atoms with van der Waals surface area (Å²) in [6.45, 7) is 7.20. The quantitative estimate of drug-likeness (QED) is 0.604. The van der Waals surface area contributed by atoms with Gasteiger partial charge >= 0.3 is 0 Å². The average molecular weight is 175 g/mol. The maximum atomic E-state index is 7.00. The molecule has 0 aliphatic heterocycles. The standard InChI is InChI=1S/C6H9ClN2.C2H6/c1-4(8)3-6(7)5(2)9;1-2/h3,8-9H,1-2H3;1-2H3/b6-3+,8-4?,9-5?;. The number of allylic oxidation sites excluding steroid dienone is 2. The predicted molar refractivity (Wildman–Crippen MR) is 52.1 cm³/mol. The molecule has 0 saturated heterocycles. The maximum Gasteiger partial charge on any atom is 0.0628 e. The summed E-state index contributed by atoms with van der Waals surface area (Å²) in [5, 5.41) is 14.3. The molecule has 0 unspecified atom stereocenters. The van der Waals surface area contributed by atoms with Crippen LogP contribution in [0.2, 0.25) is 0 Å². The van der Waals surface area contributed by atoms with Crippen LogP contribution in [0.4, 0.5) is 0 Å². The van der Waals surface area contributed by atoms with E-state index < -0.39 is 0 Å². The van der Waals surface area contributed by atoms with Crippen molar-refractivity contribution in [3.8, 4) is 0 Å². The fraction of sp³-hybridized carbons (Fsp3) is 0.500. The van der Waals surface area contributed by atoms with Crippen molar-refractivity contribution >= 4 is 23.0 Å². The van der Waals surface area contributed by atoms with Crippen molar-refractivity contribution in [2.75, 3.05) is 0 Å². The van der Waals surface area contributed by atoms with Gasteiger partial charge in [0.1, 0.15) is 0 Å². The molecule has 0 rings (SSSR count). The Bertz CT molecular complexity index is 171. The third-order valence-electron chi connectivity index (χ3n) is 0.701. The number of halogens is 1. The topological polar surface area (TPSA) is 47.7 Å². The Hall–Kier alpha value is -0.630. The molecule has 2 N–H and O–H groups in total. The predicted octanol–water partition coefficient (Wildman–Crippen LogP) is 3.21. The normalized spacial score (nSPS) is 9.73. The van der Waals surface area contributed by atoms with Gasteiger partial charge in [-0.15, -0.1) is 0 Å². The second-order valence-electron chi connectivity index (χ2n) is 1.80. The summed E-state index contributed by atoms with van der Waals surface area (Å²) in [7, 11) is 0. The summed E-state index contributed by atoms with van der Waals surface area (Å²) < 4.78 is 0. The van der Waals surface area contributed by atoms with Crippen molar-refractivity contribution in [1.29, 1.82) is 10.8 Å². The fourth-order valence-corrected chi connectivity index (χ4v) is 0.462. The Morgan fingerprint density at radius 2 is 1.55 bits per heavy atom. The van der Waals surface area contributed by atoms with Crippen LogP contribution in [0.5, 0.6) is 0 Å². The highest BCUT2D eigenvalue weighted by atomic mass is 35.5. The van der Waals surface area contributed by atoms with Gasteiger partial charge in [-0.3, -0.25) is 0 Å². The molecule has 3 heteroatoms. The first-order chi connectivity index (χ1) is 5.04. The van der Waals surface area contributed by atoms with E-state index >= 15 is 0 Å². The Kier molecular flexibility index (Phi) is 8.83. The highest BCUT2D eigenvalue weighted by Gasteiger charge is 1.92. The van der Waals surface area contributed by atoms with E-state index in [0.29, 0.717) is 16.5 Å². The minimum Gasteiger partial charge on any atom is -0.306 e. The first-order valence-corrected chi connectivity index (χ1v) is 3.89. The van der Waals surface area contributed by atoms with Crippen LogP contribution in [0.15, 0.2) is 11.1 Å². The van der Waals surface area contributed by atoms with E-state index in [1.54, 1.807) is 13.8 Å². The van der Waals surface area contributed by atoms with Crippen molar-refractivity contribution in [2.45, 2.75) is 27.7 Å². The maximum absolute atomic E-state index is 7.00. The van der Waals surface area contributed by atoms with Crippen molar-refractivity contribution < 1.29 is 0 Å². The monoisotopic (exact) mass is 174 g/mol. The lowest BCUT2D eigenvalue weighted by Gasteiger charge is -1.90. The summed E-state index contributed by atoms with van der Waals surface area (Å²) >= 11 is 5.51. The van der Waals surface area contributed by atoms with Crippen LogP contribution in [0.25, 0.3) is 0 Å². The first kappa shape index (κ1) is 13.0. The zero-order chi connectivity index (χ0) is 9.44. The van der Waals surface area contributed by atoms with Crippen LogP contribution in [0.1, 0.15) is 27.7 Å². The highest BCUT2D eigenvalue weighted by Crippen LogP contribution is 2.01. The second-order valence-corrected chi connectivity index (χ2v) is 2.21. The molecule has 0 heterocycles. The zero-order valence-corrected chi connectivity index (χ0v) is 8.21. The lowest BCUT2D eigenvalue weighted by molar-refractivity contribution is 1.47. The largest absolute Gasteiger partial charge is 0.306 e. The lowest BCUT2D eigenvalue weighted by atomic mass is 10.3. The van der Waals surface area contributed by atoms with Crippen molar-refractivity contribution in [1.82, 2.24) is 0 Å². The molecule has 0 aliphatic carbocycles. The minimum absolute atomic E-state index is 0.295. The van der Waals surface area contributed by atoms with Crippen LogP contribution in [0, 0.1) is 10.8 Å². The van der Waals surface area contributed by atoms with Gasteiger partial charge in [-0.25, -0.2) is 0 Å². The van der Waals surface area contributed by atoms with E-state index in [4.69, 9.17) is 22.4 Å². The summed E-state index contributed by atoms with van der Waals surface area (Å²) in [5.74, 6) is 0. The van der Waals surface area contributed by atoms with Gasteiger partial charge < -0.3 is 10.8 Å². The van der Waals surface area contributed by atoms with Gasteiger partial charge in [0.2, 0.25) is 0 Å². The van der Waals surface area contributed by atoms with Crippen LogP contribution in [0.3, 0.4) is 0 Å². The van der Waals surface area contributed by atoms with Gasteiger partial charge in [0.15, 0.2) is 0 Å². The van der Waals surface area contributed by atoms with Crippen LogP contribution >= 0.6 is 11.6 Å². The molecule has 11 heavy (non-hydrogen) atoms. The summed E-state index contributed by atoms with van der Waals surface area (Å²) in [6.07, 6.45) is 1.45. The third kappa shape index (κ3) is 9.37. The third-order valence-corrected chi connectivity index (χ3v) is 1.09. The number of hydrogen-bond acceptors (Lipinski definition) is 2. The van der Waals surface area contributed by atoms with Crippen LogP contribution in [-0.4, -0.2) is 11.4 Å². The van der Waals surface area contributed by atoms with Crippen LogP contribution < -0.4 is 0 Å². The molecule has 0 spiro atoms. The summed E-state index contributed by atoms with van der Waals surface area (Å²) in [5.41, 5.74) is 0.662. The number of rotatable bonds is 2. The van der Waals surface area contributed by atoms with Crippen molar-refractivity contribution in [2.24, 2.45) is 0 Å². The van der Waals surface area contributed by atoms with Crippen LogP contribution in [-0.2, 0) is 0 Å². The van der Waals surface area contributed by atoms with Crippen molar-refractivity contribution in [3.63, 3.8) is 0 Å². The smallest absolute Gasteiger partial charge is 0.0628 e. The molecule has 0 aromatic rings. The average Bonchev–Trinajstić information content (AvgIpc) is 1.90. The summed E-state index contributed by atoms with van der Waals surface area (Å²) in [4.78, 5) is 0. The Labute approximate surface area is 73.3 Å². The molecule has 0 aromatic heterocycles. The molecule has 2 nitrogen and oxygen atoms in total. The summed E-state index contributed by atoms with van der Waals surface area (Å²) in [6, 6.07) is 0. The van der Waals surface area contributed by atoms with E-state index in [1.807, 2.05) is 13.8 Å². The van der Waals surface area contributed by atoms with Gasteiger partial charge in [-0.2, -0.15) is 0 Å². The van der Waals surface area contributed by atoms with E-state index in [-0.39, 0.29) is 0 Å². The van der Waals surface area contributed by atoms with E-state index in [2.05, 4.69) is 0 Å². The second kappa shape index (κ2) is 7.48. The zero-order valence-electron chi connectivity index (χ0n) is 7.46. The van der Waals surface area contributed by atoms with E-state index in [9.17, 15) is 0 Å². The molecule has 0 radical (unpaired) electrons. The molecule has 0 bridgehead atoms. The molecule has 0 fully saturated rings. The lowest BCUT2D eigenvalue weighted by Crippen LogP contribution is -1.90. The molecule has 64 valence electrons. The highest BCUT2D eigenvalue weighted by molar-refractivity contribution is 6.43. The molecule has 0 amide bonds. The molecule has 0 atom stereocenters. The Morgan fingerprint density at radius 1 is 1.18 bits per heavy atom. The Balaban J connectivity index is 0. The fourth-order valence-electron chi connectivity index (χ4n) is 0.298. The molecular formula is C8H15ClN2. The number of hydrogen-bond donors (Lipinski definition) is 2. The molecular weight excluding hydrogens is 160 g/mol. The van der Waals surface area contributed by atoms with E-state index in [0.717, 1.165) is 0 Å². The van der Waals surface area contributed by atoms with Gasteiger partial charge in [0.05, 0.1) is 5.03 Å². The van der Waals surface area contributed by atoms with E-state index in [1.165, 1.54) is 6.08 Å². The first-order valence-electron chi connectivity index (χ1n) is 3.52.